The average Bonchev–Trinajstić information content (AvgIpc) is 3.91. The van der Waals surface area contributed by atoms with Crippen LogP contribution >= 0.6 is 0 Å². The number of nitrogens with zero attached hydrogens (tertiary/aromatic N) is 5. The number of urea groups is 2. The maximum absolute atomic E-state index is 14.4. The lowest BCUT2D eigenvalue weighted by molar-refractivity contribution is -0.148. The number of benzene rings is 4. The van der Waals surface area contributed by atoms with Crippen LogP contribution in [0.3, 0.4) is 0 Å². The van der Waals surface area contributed by atoms with E-state index >= 15 is 0 Å². The van der Waals surface area contributed by atoms with E-state index in [1.165, 1.54) is 4.90 Å². The minimum atomic E-state index is -1.01. The van der Waals surface area contributed by atoms with E-state index in [0.717, 1.165) is 22.4 Å². The van der Waals surface area contributed by atoms with Crippen molar-refractivity contribution in [3.8, 4) is 22.4 Å². The van der Waals surface area contributed by atoms with Crippen molar-refractivity contribution in [3.63, 3.8) is 0 Å². The highest BCUT2D eigenvalue weighted by Crippen LogP contribution is 2.31. The van der Waals surface area contributed by atoms with Crippen molar-refractivity contribution < 1.29 is 42.9 Å². The molecule has 5 heterocycles. The Morgan fingerprint density at radius 3 is 1.57 bits per heavy atom. The molecule has 0 bridgehead atoms. The van der Waals surface area contributed by atoms with Crippen LogP contribution in [0.5, 0.6) is 0 Å². The molecule has 18 nitrogen and oxygen atoms in total. The number of aromatic amines is 1. The highest BCUT2D eigenvalue weighted by Gasteiger charge is 2.39. The summed E-state index contributed by atoms with van der Waals surface area (Å²) in [6.07, 6.45) is 1.74. The molecule has 9 rings (SSSR count). The van der Waals surface area contributed by atoms with Crippen LogP contribution in [-0.2, 0) is 33.3 Å². The first-order chi connectivity index (χ1) is 33.3. The van der Waals surface area contributed by atoms with Gasteiger partial charge in [-0.15, -0.1) is 0 Å². The molecule has 4 N–H and O–H groups in total. The second kappa shape index (κ2) is 21.7. The topological polar surface area (TPSA) is 200 Å². The number of morpholine rings is 4. The molecule has 0 spiro atoms. The lowest BCUT2D eigenvalue weighted by atomic mass is 10.0. The average molecular weight is 926 g/mol. The van der Waals surface area contributed by atoms with Gasteiger partial charge in [0.25, 0.3) is 11.8 Å². The highest BCUT2D eigenvalue weighted by molar-refractivity contribution is 5.99. The quantitative estimate of drug-likeness (QED) is 0.148. The molecule has 4 atom stereocenters. The molecule has 4 aromatic carbocycles. The third-order valence-corrected chi connectivity index (χ3v) is 12.6. The molecule has 7 amide bonds. The van der Waals surface area contributed by atoms with Crippen molar-refractivity contribution in [2.45, 2.75) is 24.2 Å². The first kappa shape index (κ1) is 46.0. The minimum absolute atomic E-state index is 0.00761. The number of nitrogens with one attached hydrogen (secondary N) is 4. The van der Waals surface area contributed by atoms with Gasteiger partial charge in [-0.05, 0) is 39.9 Å². The van der Waals surface area contributed by atoms with E-state index in [9.17, 15) is 24.0 Å². The van der Waals surface area contributed by atoms with E-state index in [1.54, 1.807) is 45.2 Å². The Morgan fingerprint density at radius 1 is 0.544 bits per heavy atom. The van der Waals surface area contributed by atoms with Gasteiger partial charge in [-0.3, -0.25) is 14.4 Å². The SMILES string of the molecule is O=C(Nc1ccc(-c2ccc(-c3cnc(C4COCCN4C(=O)C(NC(=O)N4CCOCC4)c4ccccc4)[nH]3)cc2)cc1)C1COCCN1C(=O)C(NC(=O)N1CCOCC1)c1ccccc1. The molecule has 0 aliphatic carbocycles. The van der Waals surface area contributed by atoms with Gasteiger partial charge >= 0.3 is 12.1 Å². The van der Waals surface area contributed by atoms with Gasteiger partial charge in [0, 0.05) is 45.0 Å². The van der Waals surface area contributed by atoms with E-state index in [0.29, 0.717) is 88.4 Å². The number of anilines is 1. The molecule has 4 fully saturated rings. The van der Waals surface area contributed by atoms with Crippen LogP contribution in [0.25, 0.3) is 22.4 Å². The van der Waals surface area contributed by atoms with Crippen LogP contribution in [0.15, 0.2) is 115 Å². The summed E-state index contributed by atoms with van der Waals surface area (Å²) in [6, 6.07) is 29.6. The Balaban J connectivity index is 0.842. The van der Waals surface area contributed by atoms with E-state index in [-0.39, 0.29) is 44.3 Å². The van der Waals surface area contributed by atoms with Gasteiger partial charge in [0.2, 0.25) is 5.91 Å². The molecule has 4 aliphatic heterocycles. The number of rotatable bonds is 11. The molecule has 4 saturated heterocycles. The van der Waals surface area contributed by atoms with Crippen LogP contribution in [-0.4, -0.2) is 158 Å². The van der Waals surface area contributed by atoms with Crippen molar-refractivity contribution in [1.82, 2.24) is 40.2 Å². The van der Waals surface area contributed by atoms with Gasteiger partial charge in [-0.1, -0.05) is 97.1 Å². The number of hydrogen-bond acceptors (Lipinski definition) is 10. The highest BCUT2D eigenvalue weighted by atomic mass is 16.5. The molecule has 68 heavy (non-hydrogen) atoms. The smallest absolute Gasteiger partial charge is 0.318 e. The number of carbonyl (C=O) groups is 5. The number of ether oxygens (including phenoxy) is 4. The molecule has 4 aliphatic rings. The summed E-state index contributed by atoms with van der Waals surface area (Å²) in [7, 11) is 0. The Labute approximate surface area is 393 Å². The summed E-state index contributed by atoms with van der Waals surface area (Å²) in [5.74, 6) is -0.484. The van der Waals surface area contributed by atoms with Gasteiger partial charge in [-0.2, -0.15) is 0 Å². The zero-order valence-electron chi connectivity index (χ0n) is 37.6. The van der Waals surface area contributed by atoms with E-state index in [4.69, 9.17) is 23.9 Å². The number of imidazole rings is 1. The molecular formula is C50H55N9O9. The fourth-order valence-electron chi connectivity index (χ4n) is 8.81. The number of amides is 7. The molecule has 18 heteroatoms. The second-order valence-corrected chi connectivity index (χ2v) is 16.9. The van der Waals surface area contributed by atoms with Gasteiger partial charge in [0.1, 0.15) is 30.0 Å². The first-order valence-corrected chi connectivity index (χ1v) is 23.0. The third-order valence-electron chi connectivity index (χ3n) is 12.6. The molecular weight excluding hydrogens is 871 g/mol. The Hall–Kier alpha value is -7.12. The zero-order chi connectivity index (χ0) is 46.8. The molecule has 1 aromatic heterocycles. The Kier molecular flexibility index (Phi) is 14.7. The lowest BCUT2D eigenvalue weighted by Gasteiger charge is -2.37. The van der Waals surface area contributed by atoms with E-state index in [1.807, 2.05) is 84.9 Å². The normalized spacial score (nSPS) is 19.6. The first-order valence-electron chi connectivity index (χ1n) is 23.0. The zero-order valence-corrected chi connectivity index (χ0v) is 37.6. The molecule has 5 aromatic rings. The summed E-state index contributed by atoms with van der Waals surface area (Å²) >= 11 is 0. The number of carbonyl (C=O) groups excluding carboxylic acids is 5. The number of hydrogen-bond donors (Lipinski definition) is 4. The summed E-state index contributed by atoms with van der Waals surface area (Å²) in [6.45, 7) is 4.83. The summed E-state index contributed by atoms with van der Waals surface area (Å²) < 4.78 is 22.4. The standard InChI is InChI=1S/C50H55N9O9/c60-46(42-33-68-30-24-59(42)48(62)44(38-9-5-2-6-10-38)55-50(64)57-21-27-66-28-22-57)52-39-17-15-35(16-18-39)34-11-13-36(14-12-34)40-31-51-45(53-40)41-32-67-29-23-58(41)47(61)43(37-7-3-1-4-8-37)54-49(63)56-19-25-65-26-20-56/h1-18,31,41-44H,19-30,32-33H2,(H,51,53)(H,52,60)(H,54,63)(H,55,64). The van der Waals surface area contributed by atoms with Gasteiger partial charge < -0.3 is 59.5 Å². The van der Waals surface area contributed by atoms with Crippen molar-refractivity contribution in [2.75, 3.05) is 97.4 Å². The van der Waals surface area contributed by atoms with Gasteiger partial charge in [0.15, 0.2) is 0 Å². The van der Waals surface area contributed by atoms with Crippen molar-refractivity contribution >= 4 is 35.5 Å². The fraction of sp³-hybridized carbons (Fsp3) is 0.360. The Morgan fingerprint density at radius 2 is 1.01 bits per heavy atom. The maximum Gasteiger partial charge on any atom is 0.318 e. The van der Waals surface area contributed by atoms with Crippen LogP contribution in [0, 0.1) is 0 Å². The van der Waals surface area contributed by atoms with Crippen LogP contribution in [0.4, 0.5) is 15.3 Å². The molecule has 354 valence electrons. The number of H-pyrrole nitrogens is 1. The Bertz CT molecular complexity index is 2510. The molecule has 0 radical (unpaired) electrons. The van der Waals surface area contributed by atoms with Crippen LogP contribution < -0.4 is 16.0 Å². The molecule has 4 unspecified atom stereocenters. The van der Waals surface area contributed by atoms with Crippen molar-refractivity contribution in [1.29, 1.82) is 0 Å². The largest absolute Gasteiger partial charge is 0.378 e. The van der Waals surface area contributed by atoms with Crippen molar-refractivity contribution in [2.24, 2.45) is 0 Å². The lowest BCUT2D eigenvalue weighted by Crippen LogP contribution is -2.58. The fourth-order valence-corrected chi connectivity index (χ4v) is 8.81. The summed E-state index contributed by atoms with van der Waals surface area (Å²) in [5.41, 5.74) is 5.35. The molecule has 0 saturated carbocycles. The summed E-state index contributed by atoms with van der Waals surface area (Å²) in [4.78, 5) is 83.7. The predicted molar refractivity (Wildman–Crippen MR) is 250 cm³/mol. The minimum Gasteiger partial charge on any atom is -0.378 e. The van der Waals surface area contributed by atoms with Gasteiger partial charge in [-0.25, -0.2) is 14.6 Å². The third kappa shape index (κ3) is 10.7. The van der Waals surface area contributed by atoms with Gasteiger partial charge in [0.05, 0.1) is 64.7 Å². The second-order valence-electron chi connectivity index (χ2n) is 16.9. The van der Waals surface area contributed by atoms with Crippen LogP contribution in [0.2, 0.25) is 0 Å². The van der Waals surface area contributed by atoms with Crippen LogP contribution in [0.1, 0.15) is 35.1 Å². The number of aromatic nitrogens is 2. The monoisotopic (exact) mass is 925 g/mol. The maximum atomic E-state index is 14.4. The van der Waals surface area contributed by atoms with Crippen molar-refractivity contribution in [3.05, 3.63) is 132 Å². The van der Waals surface area contributed by atoms with E-state index < -0.39 is 36.0 Å². The summed E-state index contributed by atoms with van der Waals surface area (Å²) in [5, 5.41) is 8.87. The van der Waals surface area contributed by atoms with E-state index in [2.05, 4.69) is 20.9 Å². The predicted octanol–water partition coefficient (Wildman–Crippen LogP) is 4.38.